The molecule has 0 heterocycles. The zero-order valence-electron chi connectivity index (χ0n) is 10.8. The molecule has 0 aliphatic heterocycles. The van der Waals surface area contributed by atoms with E-state index in [1.54, 1.807) is 0 Å². The second-order valence-corrected chi connectivity index (χ2v) is 4.39. The third-order valence-corrected chi connectivity index (χ3v) is 2.95. The lowest BCUT2D eigenvalue weighted by Gasteiger charge is -2.13. The Morgan fingerprint density at radius 2 is 1.68 bits per heavy atom. The lowest BCUT2D eigenvalue weighted by atomic mass is 10.1. The van der Waals surface area contributed by atoms with Gasteiger partial charge in [-0.15, -0.1) is 0 Å². The van der Waals surface area contributed by atoms with E-state index in [0.29, 0.717) is 13.0 Å². The molecule has 0 saturated carbocycles. The summed E-state index contributed by atoms with van der Waals surface area (Å²) in [5.74, 6) is 0.831. The van der Waals surface area contributed by atoms with Gasteiger partial charge >= 0.3 is 0 Å². The van der Waals surface area contributed by atoms with Gasteiger partial charge in [0.25, 0.3) is 0 Å². The first-order valence-corrected chi connectivity index (χ1v) is 6.46. The molecule has 2 aromatic rings. The molecule has 0 aliphatic carbocycles. The van der Waals surface area contributed by atoms with Crippen molar-refractivity contribution in [1.82, 2.24) is 0 Å². The van der Waals surface area contributed by atoms with Gasteiger partial charge in [-0.3, -0.25) is 0 Å². The first kappa shape index (κ1) is 13.6. The Kier molecular flexibility index (Phi) is 4.95. The number of hydrogen-bond donors (Lipinski definition) is 2. The summed E-state index contributed by atoms with van der Waals surface area (Å²) in [6.07, 6.45) is 0.0449. The van der Waals surface area contributed by atoms with Crippen LogP contribution in [0.3, 0.4) is 0 Å². The standard InChI is InChI=1S/C16H19NO2/c17-12-14(18)10-11-19-16-9-5-4-8-15(16)13-6-2-1-3-7-13/h1-9,14,18H,10-12,17H2. The smallest absolute Gasteiger partial charge is 0.127 e. The third kappa shape index (κ3) is 3.81. The van der Waals surface area contributed by atoms with E-state index >= 15 is 0 Å². The maximum absolute atomic E-state index is 9.42. The number of aliphatic hydroxyl groups is 1. The molecule has 100 valence electrons. The van der Waals surface area contributed by atoms with Crippen LogP contribution in [0, 0.1) is 0 Å². The fourth-order valence-corrected chi connectivity index (χ4v) is 1.87. The van der Waals surface area contributed by atoms with Gasteiger partial charge in [0, 0.05) is 18.5 Å². The molecule has 3 N–H and O–H groups in total. The summed E-state index contributed by atoms with van der Waals surface area (Å²) in [5, 5.41) is 9.42. The molecule has 0 amide bonds. The monoisotopic (exact) mass is 257 g/mol. The van der Waals surface area contributed by atoms with E-state index in [1.165, 1.54) is 0 Å². The normalized spacial score (nSPS) is 12.1. The summed E-state index contributed by atoms with van der Waals surface area (Å²) in [6.45, 7) is 0.728. The van der Waals surface area contributed by atoms with Crippen LogP contribution >= 0.6 is 0 Å². The summed E-state index contributed by atoms with van der Waals surface area (Å²) >= 11 is 0. The molecule has 3 heteroatoms. The van der Waals surface area contributed by atoms with Gasteiger partial charge in [-0.05, 0) is 11.6 Å². The first-order valence-electron chi connectivity index (χ1n) is 6.46. The van der Waals surface area contributed by atoms with Crippen molar-refractivity contribution in [2.75, 3.05) is 13.2 Å². The average Bonchev–Trinajstić information content (AvgIpc) is 2.48. The molecule has 2 aromatic carbocycles. The Hall–Kier alpha value is -1.84. The molecule has 0 aliphatic rings. The maximum atomic E-state index is 9.42. The molecule has 2 rings (SSSR count). The predicted molar refractivity (Wildman–Crippen MR) is 77.1 cm³/mol. The molecule has 0 radical (unpaired) electrons. The summed E-state index contributed by atoms with van der Waals surface area (Å²) in [6, 6.07) is 18.0. The van der Waals surface area contributed by atoms with Crippen molar-refractivity contribution < 1.29 is 9.84 Å². The van der Waals surface area contributed by atoms with Gasteiger partial charge in [0.15, 0.2) is 0 Å². The van der Waals surface area contributed by atoms with Crippen LogP contribution in [-0.4, -0.2) is 24.4 Å². The fraction of sp³-hybridized carbons (Fsp3) is 0.250. The summed E-state index contributed by atoms with van der Waals surface area (Å²) in [5.41, 5.74) is 7.55. The van der Waals surface area contributed by atoms with Crippen LogP contribution in [0.4, 0.5) is 0 Å². The SMILES string of the molecule is NCC(O)CCOc1ccccc1-c1ccccc1. The quantitative estimate of drug-likeness (QED) is 0.835. The van der Waals surface area contributed by atoms with Gasteiger partial charge in [0.2, 0.25) is 0 Å². The van der Waals surface area contributed by atoms with Crippen molar-refractivity contribution in [3.05, 3.63) is 54.6 Å². The van der Waals surface area contributed by atoms with E-state index in [4.69, 9.17) is 10.5 Å². The number of para-hydroxylation sites is 1. The van der Waals surface area contributed by atoms with Crippen molar-refractivity contribution in [2.24, 2.45) is 5.73 Å². The molecular formula is C16H19NO2. The maximum Gasteiger partial charge on any atom is 0.127 e. The number of ether oxygens (including phenoxy) is 1. The van der Waals surface area contributed by atoms with Crippen LogP contribution in [0.5, 0.6) is 5.75 Å². The Labute approximate surface area is 113 Å². The highest BCUT2D eigenvalue weighted by molar-refractivity contribution is 5.70. The molecule has 0 saturated heterocycles. The van der Waals surface area contributed by atoms with Crippen LogP contribution in [0.2, 0.25) is 0 Å². The summed E-state index contributed by atoms with van der Waals surface area (Å²) in [4.78, 5) is 0. The number of nitrogens with two attached hydrogens (primary N) is 1. The Balaban J connectivity index is 2.09. The minimum atomic E-state index is -0.496. The van der Waals surface area contributed by atoms with Crippen LogP contribution in [-0.2, 0) is 0 Å². The van der Waals surface area contributed by atoms with E-state index in [2.05, 4.69) is 12.1 Å². The van der Waals surface area contributed by atoms with Gasteiger partial charge in [0.1, 0.15) is 5.75 Å². The van der Waals surface area contributed by atoms with Gasteiger partial charge in [-0.25, -0.2) is 0 Å². The van der Waals surface area contributed by atoms with Crippen molar-refractivity contribution in [3.63, 3.8) is 0 Å². The van der Waals surface area contributed by atoms with Gasteiger partial charge in [-0.2, -0.15) is 0 Å². The fourth-order valence-electron chi connectivity index (χ4n) is 1.87. The highest BCUT2D eigenvalue weighted by Gasteiger charge is 2.06. The highest BCUT2D eigenvalue weighted by Crippen LogP contribution is 2.29. The topological polar surface area (TPSA) is 55.5 Å². The van der Waals surface area contributed by atoms with E-state index in [9.17, 15) is 5.11 Å². The summed E-state index contributed by atoms with van der Waals surface area (Å²) < 4.78 is 5.75. The Morgan fingerprint density at radius 3 is 2.42 bits per heavy atom. The molecule has 0 bridgehead atoms. The van der Waals surface area contributed by atoms with E-state index in [1.807, 2.05) is 42.5 Å². The zero-order chi connectivity index (χ0) is 13.5. The molecule has 0 fully saturated rings. The lowest BCUT2D eigenvalue weighted by Crippen LogP contribution is -2.22. The third-order valence-electron chi connectivity index (χ3n) is 2.95. The number of benzene rings is 2. The lowest BCUT2D eigenvalue weighted by molar-refractivity contribution is 0.146. The average molecular weight is 257 g/mol. The van der Waals surface area contributed by atoms with Gasteiger partial charge in [-0.1, -0.05) is 48.5 Å². The molecule has 1 unspecified atom stereocenters. The van der Waals surface area contributed by atoms with Crippen molar-refractivity contribution in [1.29, 1.82) is 0 Å². The van der Waals surface area contributed by atoms with Crippen molar-refractivity contribution in [2.45, 2.75) is 12.5 Å². The first-order chi connectivity index (χ1) is 9.31. The predicted octanol–water partition coefficient (Wildman–Crippen LogP) is 2.44. The van der Waals surface area contributed by atoms with Crippen LogP contribution in [0.1, 0.15) is 6.42 Å². The second-order valence-electron chi connectivity index (χ2n) is 4.39. The van der Waals surface area contributed by atoms with Crippen molar-refractivity contribution in [3.8, 4) is 16.9 Å². The van der Waals surface area contributed by atoms with Gasteiger partial charge in [0.05, 0.1) is 12.7 Å². The molecule has 19 heavy (non-hydrogen) atoms. The van der Waals surface area contributed by atoms with Crippen LogP contribution < -0.4 is 10.5 Å². The minimum absolute atomic E-state index is 0.268. The zero-order valence-corrected chi connectivity index (χ0v) is 10.8. The number of hydrogen-bond acceptors (Lipinski definition) is 3. The van der Waals surface area contributed by atoms with E-state index in [-0.39, 0.29) is 6.54 Å². The molecule has 0 aromatic heterocycles. The van der Waals surface area contributed by atoms with E-state index in [0.717, 1.165) is 16.9 Å². The second kappa shape index (κ2) is 6.92. The van der Waals surface area contributed by atoms with E-state index < -0.39 is 6.10 Å². The van der Waals surface area contributed by atoms with Crippen LogP contribution in [0.15, 0.2) is 54.6 Å². The summed E-state index contributed by atoms with van der Waals surface area (Å²) in [7, 11) is 0. The van der Waals surface area contributed by atoms with Crippen LogP contribution in [0.25, 0.3) is 11.1 Å². The van der Waals surface area contributed by atoms with Crippen molar-refractivity contribution >= 4 is 0 Å². The number of rotatable bonds is 6. The molecule has 1 atom stereocenters. The Morgan fingerprint density at radius 1 is 1.00 bits per heavy atom. The number of aliphatic hydroxyl groups excluding tert-OH is 1. The highest BCUT2D eigenvalue weighted by atomic mass is 16.5. The molecular weight excluding hydrogens is 238 g/mol. The Bertz CT molecular complexity index is 499. The molecule has 0 spiro atoms. The van der Waals surface area contributed by atoms with Gasteiger partial charge < -0.3 is 15.6 Å². The minimum Gasteiger partial charge on any atom is -0.493 e. The largest absolute Gasteiger partial charge is 0.493 e. The molecule has 3 nitrogen and oxygen atoms in total.